The number of benzene rings is 2. The summed E-state index contributed by atoms with van der Waals surface area (Å²) in [6.45, 7) is 0. The first kappa shape index (κ1) is 10.5. The first-order valence-corrected chi connectivity index (χ1v) is 4.77. The van der Waals surface area contributed by atoms with Gasteiger partial charge in [-0.15, -0.1) is 0 Å². The molecule has 1 radical (unpaired) electrons. The first-order valence-electron chi connectivity index (χ1n) is 4.77. The lowest BCUT2D eigenvalue weighted by molar-refractivity contribution is 0.409. The quantitative estimate of drug-likeness (QED) is 0.784. The fourth-order valence-corrected chi connectivity index (χ4v) is 1.28. The Hall–Kier alpha value is -2.03. The van der Waals surface area contributed by atoms with E-state index in [4.69, 9.17) is 9.47 Å². The van der Waals surface area contributed by atoms with Gasteiger partial charge in [0.1, 0.15) is 23.1 Å². The summed E-state index contributed by atoms with van der Waals surface area (Å²) >= 11 is 0. The highest BCUT2D eigenvalue weighted by molar-refractivity contribution is 5.36. The molecule has 0 aliphatic rings. The van der Waals surface area contributed by atoms with Gasteiger partial charge in [-0.1, -0.05) is 6.07 Å². The van der Waals surface area contributed by atoms with Gasteiger partial charge in [0.25, 0.3) is 0 Å². The average molecular weight is 217 g/mol. The second-order valence-electron chi connectivity index (χ2n) is 3.15. The third-order valence-corrected chi connectivity index (χ3v) is 2.01. The van der Waals surface area contributed by atoms with Crippen molar-refractivity contribution in [2.24, 2.45) is 0 Å². The van der Waals surface area contributed by atoms with Crippen molar-refractivity contribution in [2.45, 2.75) is 0 Å². The molecule has 0 N–H and O–H groups in total. The van der Waals surface area contributed by atoms with Crippen molar-refractivity contribution in [1.29, 1.82) is 0 Å². The fraction of sp³-hybridized carbons (Fsp3) is 0.0769. The van der Waals surface area contributed by atoms with Crippen LogP contribution in [0.3, 0.4) is 0 Å². The van der Waals surface area contributed by atoms with E-state index in [1.165, 1.54) is 12.1 Å². The van der Waals surface area contributed by atoms with E-state index in [1.54, 1.807) is 31.4 Å². The SMILES string of the molecule is COc1cccc(Oc2cc[c]c(F)c2)c1. The van der Waals surface area contributed by atoms with Gasteiger partial charge in [-0.25, -0.2) is 4.39 Å². The maximum absolute atomic E-state index is 12.9. The van der Waals surface area contributed by atoms with Gasteiger partial charge in [0.15, 0.2) is 0 Å². The van der Waals surface area contributed by atoms with Crippen LogP contribution in [0.15, 0.2) is 42.5 Å². The van der Waals surface area contributed by atoms with Gasteiger partial charge >= 0.3 is 0 Å². The fourth-order valence-electron chi connectivity index (χ4n) is 1.28. The monoisotopic (exact) mass is 217 g/mol. The van der Waals surface area contributed by atoms with Gasteiger partial charge in [0, 0.05) is 18.2 Å². The normalized spacial score (nSPS) is 9.88. The van der Waals surface area contributed by atoms with Crippen LogP contribution in [-0.4, -0.2) is 7.11 Å². The summed E-state index contributed by atoms with van der Waals surface area (Å²) in [5.74, 6) is 1.29. The van der Waals surface area contributed by atoms with Gasteiger partial charge in [-0.2, -0.15) is 0 Å². The summed E-state index contributed by atoms with van der Waals surface area (Å²) in [5, 5.41) is 0. The summed E-state index contributed by atoms with van der Waals surface area (Å²) in [7, 11) is 1.58. The molecule has 0 spiro atoms. The molecule has 0 aliphatic heterocycles. The van der Waals surface area contributed by atoms with Gasteiger partial charge < -0.3 is 9.47 Å². The number of halogens is 1. The minimum Gasteiger partial charge on any atom is -0.497 e. The van der Waals surface area contributed by atoms with E-state index in [0.717, 1.165) is 0 Å². The Balaban J connectivity index is 2.20. The smallest absolute Gasteiger partial charge is 0.134 e. The summed E-state index contributed by atoms with van der Waals surface area (Å²) < 4.78 is 23.4. The van der Waals surface area contributed by atoms with E-state index in [2.05, 4.69) is 6.07 Å². The van der Waals surface area contributed by atoms with Gasteiger partial charge in [-0.05, 0) is 24.3 Å². The van der Waals surface area contributed by atoms with Crippen molar-refractivity contribution in [3.8, 4) is 17.2 Å². The van der Waals surface area contributed by atoms with Crippen LogP contribution in [0.1, 0.15) is 0 Å². The molecule has 0 saturated carbocycles. The summed E-state index contributed by atoms with van der Waals surface area (Å²) in [4.78, 5) is 0. The molecule has 0 aromatic heterocycles. The van der Waals surface area contributed by atoms with Gasteiger partial charge in [-0.3, -0.25) is 0 Å². The molecule has 0 bridgehead atoms. The zero-order valence-electron chi connectivity index (χ0n) is 8.74. The Bertz CT molecular complexity index is 483. The first-order chi connectivity index (χ1) is 7.78. The van der Waals surface area contributed by atoms with Crippen molar-refractivity contribution in [3.63, 3.8) is 0 Å². The molecule has 0 atom stereocenters. The van der Waals surface area contributed by atoms with Crippen LogP contribution in [0, 0.1) is 11.9 Å². The van der Waals surface area contributed by atoms with Crippen LogP contribution in [0.5, 0.6) is 17.2 Å². The molecule has 81 valence electrons. The zero-order valence-corrected chi connectivity index (χ0v) is 8.74. The van der Waals surface area contributed by atoms with E-state index in [9.17, 15) is 4.39 Å². The van der Waals surface area contributed by atoms with Gasteiger partial charge in [0.2, 0.25) is 0 Å². The molecule has 3 heteroatoms. The molecule has 2 aromatic carbocycles. The van der Waals surface area contributed by atoms with Crippen molar-refractivity contribution in [3.05, 3.63) is 54.3 Å². The Kier molecular flexibility index (Phi) is 3.05. The van der Waals surface area contributed by atoms with E-state index >= 15 is 0 Å². The summed E-state index contributed by atoms with van der Waals surface area (Å²) in [5.41, 5.74) is 0. The number of ether oxygens (including phenoxy) is 2. The van der Waals surface area contributed by atoms with Crippen LogP contribution in [0.4, 0.5) is 4.39 Å². The Morgan fingerprint density at radius 3 is 2.56 bits per heavy atom. The molecule has 2 nitrogen and oxygen atoms in total. The largest absolute Gasteiger partial charge is 0.497 e. The molecule has 0 heterocycles. The number of hydrogen-bond donors (Lipinski definition) is 0. The van der Waals surface area contributed by atoms with E-state index < -0.39 is 5.82 Å². The predicted octanol–water partition coefficient (Wildman–Crippen LogP) is 3.43. The molecule has 0 saturated heterocycles. The standard InChI is InChI=1S/C13H10FO2/c1-15-11-5-3-7-13(9-11)16-12-6-2-4-10(14)8-12/h2-3,5-9H,1H3. The number of methoxy groups -OCH3 is 1. The number of hydrogen-bond acceptors (Lipinski definition) is 2. The third kappa shape index (κ3) is 2.51. The predicted molar refractivity (Wildman–Crippen MR) is 58.3 cm³/mol. The Morgan fingerprint density at radius 2 is 1.81 bits per heavy atom. The molecule has 0 fully saturated rings. The van der Waals surface area contributed by atoms with Crippen LogP contribution in [0.2, 0.25) is 0 Å². The molecule has 0 aliphatic carbocycles. The molecule has 0 unspecified atom stereocenters. The van der Waals surface area contributed by atoms with Gasteiger partial charge in [0.05, 0.1) is 7.11 Å². The molecular formula is C13H10FO2. The Morgan fingerprint density at radius 1 is 1.06 bits per heavy atom. The van der Waals surface area contributed by atoms with Crippen LogP contribution in [-0.2, 0) is 0 Å². The summed E-state index contributed by atoms with van der Waals surface area (Å²) in [6.07, 6.45) is 0. The van der Waals surface area contributed by atoms with Crippen molar-refractivity contribution >= 4 is 0 Å². The summed E-state index contributed by atoms with van der Waals surface area (Å²) in [6, 6.07) is 13.9. The molecule has 2 rings (SSSR count). The Labute approximate surface area is 93.2 Å². The maximum Gasteiger partial charge on any atom is 0.134 e. The second kappa shape index (κ2) is 4.66. The van der Waals surface area contributed by atoms with Crippen molar-refractivity contribution in [1.82, 2.24) is 0 Å². The van der Waals surface area contributed by atoms with Crippen LogP contribution in [0.25, 0.3) is 0 Å². The van der Waals surface area contributed by atoms with Crippen molar-refractivity contribution < 1.29 is 13.9 Å². The minimum absolute atomic E-state index is 0.435. The number of rotatable bonds is 3. The van der Waals surface area contributed by atoms with Crippen LogP contribution < -0.4 is 9.47 Å². The van der Waals surface area contributed by atoms with E-state index in [-0.39, 0.29) is 0 Å². The third-order valence-electron chi connectivity index (χ3n) is 2.01. The lowest BCUT2D eigenvalue weighted by atomic mass is 10.3. The minimum atomic E-state index is -0.444. The highest BCUT2D eigenvalue weighted by Gasteiger charge is 2.00. The molecule has 16 heavy (non-hydrogen) atoms. The lowest BCUT2D eigenvalue weighted by Gasteiger charge is -2.06. The molecule has 2 aromatic rings. The average Bonchev–Trinajstić information content (AvgIpc) is 2.29. The van der Waals surface area contributed by atoms with E-state index in [0.29, 0.717) is 17.2 Å². The van der Waals surface area contributed by atoms with Crippen LogP contribution >= 0.6 is 0 Å². The lowest BCUT2D eigenvalue weighted by Crippen LogP contribution is -1.87. The van der Waals surface area contributed by atoms with Crippen molar-refractivity contribution in [2.75, 3.05) is 7.11 Å². The molecule has 0 amide bonds. The highest BCUT2D eigenvalue weighted by Crippen LogP contribution is 2.25. The zero-order chi connectivity index (χ0) is 11.4. The highest BCUT2D eigenvalue weighted by atomic mass is 19.1. The second-order valence-corrected chi connectivity index (χ2v) is 3.15. The maximum atomic E-state index is 12.9. The topological polar surface area (TPSA) is 18.5 Å². The molecular weight excluding hydrogens is 207 g/mol. The van der Waals surface area contributed by atoms with E-state index in [1.807, 2.05) is 6.07 Å².